The van der Waals surface area contributed by atoms with Crippen LogP contribution in [-0.4, -0.2) is 43.6 Å². The zero-order chi connectivity index (χ0) is 23.5. The monoisotopic (exact) mass is 451 g/mol. The maximum atomic E-state index is 13.4. The number of aryl methyl sites for hydroxylation is 2. The van der Waals surface area contributed by atoms with Crippen molar-refractivity contribution in [1.82, 2.24) is 24.6 Å². The van der Waals surface area contributed by atoms with Crippen molar-refractivity contribution in [2.24, 2.45) is 7.05 Å². The van der Waals surface area contributed by atoms with Crippen LogP contribution in [0.15, 0.2) is 73.2 Å². The van der Waals surface area contributed by atoms with Crippen LogP contribution in [0.3, 0.4) is 0 Å². The van der Waals surface area contributed by atoms with Gasteiger partial charge in [-0.2, -0.15) is 5.10 Å². The highest BCUT2D eigenvalue weighted by atomic mass is 16.2. The molecular weight excluding hydrogens is 422 g/mol. The van der Waals surface area contributed by atoms with Gasteiger partial charge >= 0.3 is 0 Å². The minimum absolute atomic E-state index is 0.0492. The topological polar surface area (TPSA) is 63.9 Å². The number of aromatic nitrogens is 4. The zero-order valence-electron chi connectivity index (χ0n) is 19.7. The second-order valence-corrected chi connectivity index (χ2v) is 9.14. The number of carbonyl (C=O) groups is 1. The van der Waals surface area contributed by atoms with Gasteiger partial charge in [0.2, 0.25) is 0 Å². The van der Waals surface area contributed by atoms with Gasteiger partial charge in [-0.05, 0) is 49.6 Å². The number of carbonyl (C=O) groups excluding carboxylic acids is 1. The number of piperidine rings is 1. The van der Waals surface area contributed by atoms with Crippen molar-refractivity contribution in [2.45, 2.75) is 32.1 Å². The second kappa shape index (κ2) is 9.59. The first-order valence-electron chi connectivity index (χ1n) is 11.8. The highest BCUT2D eigenvalue weighted by Gasteiger charge is 2.26. The summed E-state index contributed by atoms with van der Waals surface area (Å²) in [6.07, 6.45) is 8.21. The molecule has 0 aliphatic carbocycles. The molecule has 1 fully saturated rings. The molecule has 1 unspecified atom stereocenters. The molecule has 6 nitrogen and oxygen atoms in total. The number of benzene rings is 1. The number of hydrogen-bond donors (Lipinski definition) is 0. The highest BCUT2D eigenvalue weighted by molar-refractivity contribution is 5.95. The summed E-state index contributed by atoms with van der Waals surface area (Å²) in [7, 11) is 1.87. The van der Waals surface area contributed by atoms with Crippen LogP contribution in [0.5, 0.6) is 0 Å². The van der Waals surface area contributed by atoms with Gasteiger partial charge in [0.15, 0.2) is 0 Å². The smallest absolute Gasteiger partial charge is 0.254 e. The fourth-order valence-electron chi connectivity index (χ4n) is 4.72. The van der Waals surface area contributed by atoms with E-state index in [1.807, 2.05) is 24.2 Å². The van der Waals surface area contributed by atoms with E-state index >= 15 is 0 Å². The number of nitrogens with zero attached hydrogens (tertiary/aromatic N) is 5. The molecule has 172 valence electrons. The molecule has 5 rings (SSSR count). The Labute approximate surface area is 200 Å². The third-order valence-electron chi connectivity index (χ3n) is 6.43. The number of hydrogen-bond acceptors (Lipinski definition) is 4. The standard InChI is InChI=1S/C28H29N5O/c1-20-6-3-7-21(14-20)15-25-9-4-10-26(31-25)23-8-5-13-33(19-23)28(34)22-11-12-29-27(16-22)24-17-30-32(2)18-24/h3-4,6-7,9-12,14,16-18,23H,5,8,13,15,19H2,1-2H3. The van der Waals surface area contributed by atoms with E-state index < -0.39 is 0 Å². The van der Waals surface area contributed by atoms with E-state index in [9.17, 15) is 4.79 Å². The third-order valence-corrected chi connectivity index (χ3v) is 6.43. The van der Waals surface area contributed by atoms with Crippen LogP contribution in [-0.2, 0) is 13.5 Å². The predicted octanol–water partition coefficient (Wildman–Crippen LogP) is 4.80. The van der Waals surface area contributed by atoms with Gasteiger partial charge < -0.3 is 4.90 Å². The molecule has 6 heteroatoms. The first-order valence-corrected chi connectivity index (χ1v) is 11.8. The minimum Gasteiger partial charge on any atom is -0.338 e. The van der Waals surface area contributed by atoms with Gasteiger partial charge in [0.25, 0.3) is 5.91 Å². The molecule has 0 spiro atoms. The Balaban J connectivity index is 1.31. The van der Waals surface area contributed by atoms with Crippen molar-refractivity contribution in [1.29, 1.82) is 0 Å². The van der Waals surface area contributed by atoms with Crippen molar-refractivity contribution in [3.8, 4) is 11.3 Å². The summed E-state index contributed by atoms with van der Waals surface area (Å²) in [5, 5.41) is 4.21. The molecule has 4 heterocycles. The van der Waals surface area contributed by atoms with Crippen LogP contribution in [0.1, 0.15) is 51.6 Å². The Morgan fingerprint density at radius 3 is 2.82 bits per heavy atom. The van der Waals surface area contributed by atoms with E-state index in [1.54, 1.807) is 23.1 Å². The first-order chi connectivity index (χ1) is 16.5. The van der Waals surface area contributed by atoms with Gasteiger partial charge in [-0.25, -0.2) is 0 Å². The quantitative estimate of drug-likeness (QED) is 0.437. The summed E-state index contributed by atoms with van der Waals surface area (Å²) in [6.45, 7) is 3.57. The van der Waals surface area contributed by atoms with Crippen molar-refractivity contribution < 1.29 is 4.79 Å². The van der Waals surface area contributed by atoms with E-state index in [2.05, 4.69) is 59.5 Å². The maximum Gasteiger partial charge on any atom is 0.254 e. The molecule has 3 aromatic heterocycles. The van der Waals surface area contributed by atoms with Crippen LogP contribution >= 0.6 is 0 Å². The van der Waals surface area contributed by atoms with E-state index in [1.165, 1.54) is 11.1 Å². The maximum absolute atomic E-state index is 13.4. The largest absolute Gasteiger partial charge is 0.338 e. The molecule has 4 aromatic rings. The van der Waals surface area contributed by atoms with E-state index in [4.69, 9.17) is 4.98 Å². The van der Waals surface area contributed by atoms with Gasteiger partial charge in [0.05, 0.1) is 11.9 Å². The lowest BCUT2D eigenvalue weighted by molar-refractivity contribution is 0.0706. The fourth-order valence-corrected chi connectivity index (χ4v) is 4.72. The van der Waals surface area contributed by atoms with Gasteiger partial charge in [0.1, 0.15) is 0 Å². The molecule has 1 atom stereocenters. The second-order valence-electron chi connectivity index (χ2n) is 9.14. The SMILES string of the molecule is Cc1cccc(Cc2cccc(C3CCCN(C(=O)c4ccnc(-c5cnn(C)c5)c4)C3)n2)c1. The average Bonchev–Trinajstić information content (AvgIpc) is 3.30. The Kier molecular flexibility index (Phi) is 6.21. The lowest BCUT2D eigenvalue weighted by Gasteiger charge is -2.32. The van der Waals surface area contributed by atoms with Gasteiger partial charge in [0, 0.05) is 67.4 Å². The molecule has 34 heavy (non-hydrogen) atoms. The molecular formula is C28H29N5O. The van der Waals surface area contributed by atoms with Crippen molar-refractivity contribution in [3.05, 3.63) is 101 Å². The van der Waals surface area contributed by atoms with Crippen LogP contribution in [0, 0.1) is 6.92 Å². The van der Waals surface area contributed by atoms with Crippen LogP contribution < -0.4 is 0 Å². The summed E-state index contributed by atoms with van der Waals surface area (Å²) in [5.41, 5.74) is 7.01. The summed E-state index contributed by atoms with van der Waals surface area (Å²) in [5.74, 6) is 0.294. The number of rotatable bonds is 5. The van der Waals surface area contributed by atoms with E-state index in [0.717, 1.165) is 48.5 Å². The molecule has 0 saturated carbocycles. The van der Waals surface area contributed by atoms with Gasteiger partial charge in [-0.15, -0.1) is 0 Å². The molecule has 1 aromatic carbocycles. The Bertz CT molecular complexity index is 1310. The molecule has 0 bridgehead atoms. The summed E-state index contributed by atoms with van der Waals surface area (Å²) in [4.78, 5) is 24.7. The summed E-state index contributed by atoms with van der Waals surface area (Å²) < 4.78 is 1.74. The molecule has 0 N–H and O–H groups in total. The summed E-state index contributed by atoms with van der Waals surface area (Å²) in [6, 6.07) is 18.5. The van der Waals surface area contributed by atoms with E-state index in [0.29, 0.717) is 12.1 Å². The lowest BCUT2D eigenvalue weighted by Crippen LogP contribution is -2.39. The van der Waals surface area contributed by atoms with Gasteiger partial charge in [-0.3, -0.25) is 19.4 Å². The normalized spacial score (nSPS) is 15.9. The molecule has 0 radical (unpaired) electrons. The van der Waals surface area contributed by atoms with Crippen LogP contribution in [0.4, 0.5) is 0 Å². The lowest BCUT2D eigenvalue weighted by atomic mass is 9.93. The summed E-state index contributed by atoms with van der Waals surface area (Å²) >= 11 is 0. The first kappa shape index (κ1) is 22.0. The molecule has 1 amide bonds. The molecule has 1 aliphatic heterocycles. The third kappa shape index (κ3) is 4.91. The van der Waals surface area contributed by atoms with Crippen molar-refractivity contribution in [3.63, 3.8) is 0 Å². The van der Waals surface area contributed by atoms with Crippen molar-refractivity contribution in [2.75, 3.05) is 13.1 Å². The number of pyridine rings is 2. The van der Waals surface area contributed by atoms with Gasteiger partial charge in [-0.1, -0.05) is 35.9 Å². The fraction of sp³-hybridized carbons (Fsp3) is 0.286. The molecule has 1 aliphatic rings. The minimum atomic E-state index is 0.0492. The Morgan fingerprint density at radius 2 is 2.00 bits per heavy atom. The average molecular weight is 452 g/mol. The van der Waals surface area contributed by atoms with Crippen LogP contribution in [0.2, 0.25) is 0 Å². The van der Waals surface area contributed by atoms with Crippen molar-refractivity contribution >= 4 is 5.91 Å². The van der Waals surface area contributed by atoms with Crippen LogP contribution in [0.25, 0.3) is 11.3 Å². The number of amides is 1. The predicted molar refractivity (Wildman–Crippen MR) is 133 cm³/mol. The Morgan fingerprint density at radius 1 is 1.12 bits per heavy atom. The highest BCUT2D eigenvalue weighted by Crippen LogP contribution is 2.28. The number of likely N-dealkylation sites (tertiary alicyclic amines) is 1. The zero-order valence-corrected chi connectivity index (χ0v) is 19.7. The van der Waals surface area contributed by atoms with E-state index in [-0.39, 0.29) is 11.8 Å². The molecule has 1 saturated heterocycles. The Hall–Kier alpha value is -3.80.